The molecular weight excluding hydrogens is 414 g/mol. The monoisotopic (exact) mass is 439 g/mol. The van der Waals surface area contributed by atoms with Crippen LogP contribution in [0.2, 0.25) is 0 Å². The van der Waals surface area contributed by atoms with E-state index in [-0.39, 0.29) is 23.2 Å². The Morgan fingerprint density at radius 1 is 1.06 bits per heavy atom. The first-order valence-corrected chi connectivity index (χ1v) is 12.5. The highest BCUT2D eigenvalue weighted by atomic mass is 32.2. The summed E-state index contributed by atoms with van der Waals surface area (Å²) in [6, 6.07) is 9.96. The Bertz CT molecular complexity index is 1430. The van der Waals surface area contributed by atoms with Crippen LogP contribution in [0, 0.1) is 0 Å². The number of rotatable bonds is 8. The molecule has 3 aromatic heterocycles. The molecule has 0 aliphatic heterocycles. The minimum absolute atomic E-state index is 0.0438. The molecule has 1 fully saturated rings. The maximum atomic E-state index is 13.3. The van der Waals surface area contributed by atoms with Crippen LogP contribution < -0.4 is 5.69 Å². The molecule has 0 amide bonds. The van der Waals surface area contributed by atoms with Crippen LogP contribution in [0.1, 0.15) is 38.1 Å². The Balaban J connectivity index is 1.56. The number of hydrogen-bond donors (Lipinski definition) is 0. The van der Waals surface area contributed by atoms with Gasteiger partial charge in [-0.05, 0) is 37.5 Å². The molecule has 0 unspecified atom stereocenters. The third-order valence-electron chi connectivity index (χ3n) is 5.99. The van der Waals surface area contributed by atoms with E-state index < -0.39 is 9.84 Å². The number of aromatic nitrogens is 5. The second-order valence-corrected chi connectivity index (χ2v) is 10.6. The molecule has 0 N–H and O–H groups in total. The lowest BCUT2D eigenvalue weighted by Crippen LogP contribution is -2.25. The third-order valence-corrected chi connectivity index (χ3v) is 7.78. The fourth-order valence-corrected chi connectivity index (χ4v) is 5.05. The fourth-order valence-electron chi connectivity index (χ4n) is 4.19. The highest BCUT2D eigenvalue weighted by Gasteiger charge is 2.29. The van der Waals surface area contributed by atoms with Gasteiger partial charge in [0.05, 0.1) is 40.6 Å². The topological polar surface area (TPSA) is 91.8 Å². The zero-order chi connectivity index (χ0) is 21.6. The number of aryl methyl sites for hydroxylation is 1. The quantitative estimate of drug-likeness (QED) is 0.421. The van der Waals surface area contributed by atoms with E-state index in [0.717, 1.165) is 40.7 Å². The van der Waals surface area contributed by atoms with E-state index in [1.54, 1.807) is 23.9 Å². The van der Waals surface area contributed by atoms with Crippen LogP contribution in [0.15, 0.2) is 47.5 Å². The highest BCUT2D eigenvalue weighted by Crippen LogP contribution is 2.36. The Labute approximate surface area is 180 Å². The van der Waals surface area contributed by atoms with Gasteiger partial charge in [-0.1, -0.05) is 19.1 Å². The maximum absolute atomic E-state index is 13.3. The van der Waals surface area contributed by atoms with Crippen molar-refractivity contribution in [1.82, 2.24) is 23.7 Å². The van der Waals surface area contributed by atoms with E-state index in [1.807, 2.05) is 39.5 Å². The van der Waals surface area contributed by atoms with Crippen molar-refractivity contribution >= 4 is 31.9 Å². The number of para-hydroxylation sites is 2. The van der Waals surface area contributed by atoms with Gasteiger partial charge in [0.25, 0.3) is 0 Å². The van der Waals surface area contributed by atoms with Gasteiger partial charge in [0.1, 0.15) is 15.7 Å². The summed E-state index contributed by atoms with van der Waals surface area (Å²) in [6.07, 6.45) is 5.99. The second-order valence-electron chi connectivity index (χ2n) is 8.09. The Morgan fingerprint density at radius 2 is 1.87 bits per heavy atom. The molecule has 9 heteroatoms. The van der Waals surface area contributed by atoms with Gasteiger partial charge in [0.2, 0.25) is 0 Å². The van der Waals surface area contributed by atoms with Crippen molar-refractivity contribution in [1.29, 1.82) is 0 Å². The molecule has 1 aliphatic rings. The minimum atomic E-state index is -3.03. The van der Waals surface area contributed by atoms with Crippen LogP contribution in [-0.4, -0.2) is 43.6 Å². The van der Waals surface area contributed by atoms with E-state index in [1.165, 1.54) is 0 Å². The molecule has 3 heterocycles. The number of hydrogen-bond acceptors (Lipinski definition) is 5. The lowest BCUT2D eigenvalue weighted by molar-refractivity contribution is 0.580. The average Bonchev–Trinajstić information content (AvgIpc) is 3.49. The first-order chi connectivity index (χ1) is 15.0. The number of imidazole rings is 2. The summed E-state index contributed by atoms with van der Waals surface area (Å²) in [5, 5.41) is 0. The number of sulfone groups is 1. The van der Waals surface area contributed by atoms with Crippen molar-refractivity contribution < 1.29 is 8.42 Å². The molecule has 162 valence electrons. The number of fused-ring (bicyclic) bond motifs is 2. The van der Waals surface area contributed by atoms with Crippen LogP contribution in [-0.2, 0) is 22.9 Å². The van der Waals surface area contributed by atoms with Gasteiger partial charge in [-0.3, -0.25) is 14.1 Å². The Morgan fingerprint density at radius 3 is 2.65 bits per heavy atom. The predicted octanol–water partition coefficient (Wildman–Crippen LogP) is 2.76. The third kappa shape index (κ3) is 3.67. The van der Waals surface area contributed by atoms with Crippen LogP contribution in [0.4, 0.5) is 0 Å². The summed E-state index contributed by atoms with van der Waals surface area (Å²) >= 11 is 0. The second kappa shape index (κ2) is 7.64. The first kappa shape index (κ1) is 20.0. The molecule has 4 aromatic rings. The summed E-state index contributed by atoms with van der Waals surface area (Å²) in [5.41, 5.74) is 3.44. The van der Waals surface area contributed by atoms with Gasteiger partial charge >= 0.3 is 5.69 Å². The molecule has 5 rings (SSSR count). The molecule has 1 aromatic carbocycles. The lowest BCUT2D eigenvalue weighted by Gasteiger charge is -2.10. The maximum Gasteiger partial charge on any atom is 0.329 e. The summed E-state index contributed by atoms with van der Waals surface area (Å²) in [5.74, 6) is 1.03. The van der Waals surface area contributed by atoms with Gasteiger partial charge < -0.3 is 4.57 Å². The molecule has 0 radical (unpaired) electrons. The van der Waals surface area contributed by atoms with Gasteiger partial charge in [-0.2, -0.15) is 0 Å². The molecule has 0 spiro atoms. The number of nitrogens with zero attached hydrogens (tertiary/aromatic N) is 5. The van der Waals surface area contributed by atoms with E-state index in [2.05, 4.69) is 4.98 Å². The van der Waals surface area contributed by atoms with Crippen molar-refractivity contribution in [3.63, 3.8) is 0 Å². The molecule has 1 aliphatic carbocycles. The summed E-state index contributed by atoms with van der Waals surface area (Å²) in [6.45, 7) is 2.52. The first-order valence-electron chi connectivity index (χ1n) is 10.7. The van der Waals surface area contributed by atoms with Crippen molar-refractivity contribution in [2.75, 3.05) is 11.5 Å². The standard InChI is InChI=1S/C22H25N5O3S/c1-2-31(29,30)13-5-12-25-18-7-4-3-6-17(18)24-21(25)15-26-20-14-23-11-10-19(20)27(22(26)28)16-8-9-16/h3-4,6-7,10-11,14,16H,2,5,8-9,12-13,15H2,1H3. The van der Waals surface area contributed by atoms with E-state index in [4.69, 9.17) is 4.98 Å². The van der Waals surface area contributed by atoms with E-state index in [9.17, 15) is 13.2 Å². The lowest BCUT2D eigenvalue weighted by atomic mass is 10.3. The average molecular weight is 440 g/mol. The summed E-state index contributed by atoms with van der Waals surface area (Å²) in [4.78, 5) is 22.3. The SMILES string of the molecule is CCS(=O)(=O)CCCn1c(Cn2c(=O)n(C3CC3)c3ccncc32)nc2ccccc21. The number of pyridine rings is 1. The van der Waals surface area contributed by atoms with Crippen LogP contribution in [0.25, 0.3) is 22.1 Å². The van der Waals surface area contributed by atoms with Crippen molar-refractivity contribution in [2.45, 2.75) is 45.3 Å². The highest BCUT2D eigenvalue weighted by molar-refractivity contribution is 7.91. The predicted molar refractivity (Wildman–Crippen MR) is 120 cm³/mol. The van der Waals surface area contributed by atoms with Crippen LogP contribution in [0.3, 0.4) is 0 Å². The zero-order valence-corrected chi connectivity index (χ0v) is 18.3. The van der Waals surface area contributed by atoms with Crippen LogP contribution in [0.5, 0.6) is 0 Å². The molecule has 8 nitrogen and oxygen atoms in total. The Kier molecular flexibility index (Phi) is 4.92. The zero-order valence-electron chi connectivity index (χ0n) is 17.4. The van der Waals surface area contributed by atoms with Crippen molar-refractivity contribution in [3.05, 3.63) is 59.0 Å². The molecule has 0 saturated heterocycles. The molecule has 31 heavy (non-hydrogen) atoms. The van der Waals surface area contributed by atoms with Gasteiger partial charge in [-0.15, -0.1) is 0 Å². The van der Waals surface area contributed by atoms with E-state index in [0.29, 0.717) is 19.5 Å². The number of benzene rings is 1. The fraction of sp³-hybridized carbons (Fsp3) is 0.409. The molecular formula is C22H25N5O3S. The van der Waals surface area contributed by atoms with E-state index >= 15 is 0 Å². The summed E-state index contributed by atoms with van der Waals surface area (Å²) < 4.78 is 29.6. The molecule has 0 bridgehead atoms. The minimum Gasteiger partial charge on any atom is -0.326 e. The smallest absolute Gasteiger partial charge is 0.326 e. The molecule has 1 saturated carbocycles. The Hall–Kier alpha value is -2.94. The van der Waals surface area contributed by atoms with Crippen molar-refractivity contribution in [3.8, 4) is 0 Å². The van der Waals surface area contributed by atoms with Crippen LogP contribution >= 0.6 is 0 Å². The van der Waals surface area contributed by atoms with Gasteiger partial charge in [0.15, 0.2) is 0 Å². The van der Waals surface area contributed by atoms with Gasteiger partial charge in [0, 0.05) is 24.5 Å². The largest absolute Gasteiger partial charge is 0.329 e. The van der Waals surface area contributed by atoms with Gasteiger partial charge in [-0.25, -0.2) is 18.2 Å². The van der Waals surface area contributed by atoms with Crippen molar-refractivity contribution in [2.24, 2.45) is 0 Å². The summed E-state index contributed by atoms with van der Waals surface area (Å²) in [7, 11) is -3.03. The normalized spacial score (nSPS) is 14.6. The molecule has 0 atom stereocenters.